The van der Waals surface area contributed by atoms with Gasteiger partial charge in [0, 0.05) is 11.4 Å². The zero-order chi connectivity index (χ0) is 20.1. The molecule has 1 aromatic heterocycles. The zero-order valence-corrected chi connectivity index (χ0v) is 19.9. The van der Waals surface area contributed by atoms with Crippen LogP contribution in [0.2, 0.25) is 5.02 Å². The fraction of sp³-hybridized carbons (Fsp3) is 0.333. The van der Waals surface area contributed by atoms with E-state index in [-0.39, 0.29) is 18.3 Å². The second kappa shape index (κ2) is 11.2. The molecule has 0 unspecified atom stereocenters. The van der Waals surface area contributed by atoms with E-state index in [1.807, 2.05) is 37.2 Å². The number of carbonyl (C=O) groups is 1. The van der Waals surface area contributed by atoms with Crippen molar-refractivity contribution in [2.24, 2.45) is 0 Å². The molecule has 3 rings (SSSR count). The van der Waals surface area contributed by atoms with E-state index in [1.165, 1.54) is 16.9 Å². The number of thioether (sulfide) groups is 1. The predicted octanol–water partition coefficient (Wildman–Crippen LogP) is 5.76. The maximum atomic E-state index is 13.0. The first kappa shape index (κ1) is 24.0. The highest BCUT2D eigenvalue weighted by Crippen LogP contribution is 2.33. The van der Waals surface area contributed by atoms with Crippen molar-refractivity contribution in [3.63, 3.8) is 0 Å². The number of rotatable bonds is 8. The van der Waals surface area contributed by atoms with Crippen molar-refractivity contribution in [2.75, 3.05) is 37.8 Å². The molecule has 0 N–H and O–H groups in total. The maximum Gasteiger partial charge on any atom is 0.239 e. The number of hydrogen-bond donors (Lipinski definition) is 0. The number of benzene rings is 2. The van der Waals surface area contributed by atoms with Crippen molar-refractivity contribution in [1.82, 2.24) is 9.88 Å². The van der Waals surface area contributed by atoms with Crippen molar-refractivity contribution in [3.8, 4) is 0 Å². The first-order chi connectivity index (χ1) is 13.4. The van der Waals surface area contributed by atoms with Crippen LogP contribution >= 0.6 is 47.1 Å². The third-order valence-corrected chi connectivity index (χ3v) is 6.61. The molecule has 0 saturated carbocycles. The Kier molecular flexibility index (Phi) is 9.24. The van der Waals surface area contributed by atoms with E-state index in [9.17, 15) is 4.79 Å². The summed E-state index contributed by atoms with van der Waals surface area (Å²) >= 11 is 9.36. The van der Waals surface area contributed by atoms with Crippen LogP contribution in [0.3, 0.4) is 0 Å². The fourth-order valence-corrected chi connectivity index (χ4v) is 4.83. The molecule has 3 aromatic rings. The van der Waals surface area contributed by atoms with Crippen LogP contribution in [0.5, 0.6) is 0 Å². The summed E-state index contributed by atoms with van der Waals surface area (Å²) in [4.78, 5) is 22.7. The van der Waals surface area contributed by atoms with E-state index in [4.69, 9.17) is 11.6 Å². The first-order valence-electron chi connectivity index (χ1n) is 9.13. The Balaban J connectivity index is 0.00000300. The van der Waals surface area contributed by atoms with Crippen LogP contribution in [-0.2, 0) is 4.79 Å². The third-order valence-electron chi connectivity index (χ3n) is 4.26. The number of carbonyl (C=O) groups excluding carboxylic acids is 1. The van der Waals surface area contributed by atoms with Gasteiger partial charge in [-0.15, -0.1) is 24.2 Å². The first-order valence-corrected chi connectivity index (χ1v) is 11.3. The van der Waals surface area contributed by atoms with E-state index >= 15 is 0 Å². The lowest BCUT2D eigenvalue weighted by Gasteiger charge is -2.21. The molecular formula is C21H25Cl2N3OS2. The lowest BCUT2D eigenvalue weighted by molar-refractivity contribution is -0.116. The maximum absolute atomic E-state index is 13.0. The molecule has 0 atom stereocenters. The number of para-hydroxylation sites is 1. The number of aryl methyl sites for hydroxylation is 1. The highest BCUT2D eigenvalue weighted by atomic mass is 35.5. The molecule has 0 spiro atoms. The van der Waals surface area contributed by atoms with Crippen LogP contribution in [0.25, 0.3) is 10.2 Å². The molecule has 0 aliphatic rings. The molecule has 8 heteroatoms. The minimum Gasteiger partial charge on any atom is -0.309 e. The summed E-state index contributed by atoms with van der Waals surface area (Å²) in [7, 11) is 4.08. The molecule has 1 heterocycles. The van der Waals surface area contributed by atoms with Gasteiger partial charge in [-0.3, -0.25) is 9.69 Å². The van der Waals surface area contributed by atoms with E-state index < -0.39 is 0 Å². The fourth-order valence-electron chi connectivity index (χ4n) is 2.75. The monoisotopic (exact) mass is 469 g/mol. The van der Waals surface area contributed by atoms with Gasteiger partial charge in [-0.2, -0.15) is 0 Å². The van der Waals surface area contributed by atoms with Gasteiger partial charge in [0.15, 0.2) is 5.13 Å². The molecule has 156 valence electrons. The van der Waals surface area contributed by atoms with E-state index in [0.717, 1.165) is 33.2 Å². The number of aromatic nitrogens is 1. The van der Waals surface area contributed by atoms with Gasteiger partial charge in [-0.05, 0) is 58.3 Å². The molecule has 0 radical (unpaired) electrons. The molecule has 4 nitrogen and oxygen atoms in total. The van der Waals surface area contributed by atoms with Crippen LogP contribution in [0, 0.1) is 6.92 Å². The van der Waals surface area contributed by atoms with Gasteiger partial charge in [0.2, 0.25) is 5.91 Å². The number of anilines is 1. The summed E-state index contributed by atoms with van der Waals surface area (Å²) in [5.41, 5.74) is 1.98. The number of amides is 1. The zero-order valence-electron chi connectivity index (χ0n) is 16.7. The SMILES string of the molecule is Cc1ccc(SCC(=O)N(CCCN(C)C)c2nc3c(Cl)cccc3s2)cc1.Cl. The van der Waals surface area contributed by atoms with Gasteiger partial charge >= 0.3 is 0 Å². The predicted molar refractivity (Wildman–Crippen MR) is 129 cm³/mol. The smallest absolute Gasteiger partial charge is 0.239 e. The van der Waals surface area contributed by atoms with Crippen molar-refractivity contribution >= 4 is 68.4 Å². The van der Waals surface area contributed by atoms with E-state index in [2.05, 4.69) is 41.1 Å². The average Bonchev–Trinajstić information content (AvgIpc) is 3.09. The van der Waals surface area contributed by atoms with Gasteiger partial charge < -0.3 is 4.90 Å². The van der Waals surface area contributed by atoms with Crippen LogP contribution in [-0.4, -0.2) is 48.7 Å². The number of nitrogens with zero attached hydrogens (tertiary/aromatic N) is 3. The second-order valence-electron chi connectivity index (χ2n) is 6.89. The molecule has 0 saturated heterocycles. The Hall–Kier alpha value is -1.31. The molecule has 0 bridgehead atoms. The number of halogens is 2. The normalized spacial score (nSPS) is 10.9. The summed E-state index contributed by atoms with van der Waals surface area (Å²) in [6.07, 6.45) is 0.887. The lowest BCUT2D eigenvalue weighted by Crippen LogP contribution is -2.34. The van der Waals surface area contributed by atoms with E-state index in [0.29, 0.717) is 17.3 Å². The Morgan fingerprint density at radius 2 is 1.86 bits per heavy atom. The van der Waals surface area contributed by atoms with Crippen molar-refractivity contribution < 1.29 is 4.79 Å². The Morgan fingerprint density at radius 3 is 2.52 bits per heavy atom. The summed E-state index contributed by atoms with van der Waals surface area (Å²) in [5.74, 6) is 0.453. The van der Waals surface area contributed by atoms with Crippen molar-refractivity contribution in [3.05, 3.63) is 53.1 Å². The molecule has 0 aliphatic heterocycles. The van der Waals surface area contributed by atoms with Crippen molar-refractivity contribution in [2.45, 2.75) is 18.2 Å². The number of fused-ring (bicyclic) bond motifs is 1. The van der Waals surface area contributed by atoms with Gasteiger partial charge in [0.05, 0.1) is 15.5 Å². The van der Waals surface area contributed by atoms with Crippen LogP contribution in [0.4, 0.5) is 5.13 Å². The van der Waals surface area contributed by atoms with E-state index in [1.54, 1.807) is 11.8 Å². The number of thiazole rings is 1. The topological polar surface area (TPSA) is 36.4 Å². The van der Waals surface area contributed by atoms with Crippen LogP contribution in [0.1, 0.15) is 12.0 Å². The Bertz CT molecular complexity index is 945. The van der Waals surface area contributed by atoms with Crippen LogP contribution in [0.15, 0.2) is 47.4 Å². The average molecular weight is 470 g/mol. The van der Waals surface area contributed by atoms with Gasteiger partial charge in [0.1, 0.15) is 5.52 Å². The number of hydrogen-bond acceptors (Lipinski definition) is 5. The summed E-state index contributed by atoms with van der Waals surface area (Å²) in [5, 5.41) is 1.34. The highest BCUT2D eigenvalue weighted by Gasteiger charge is 2.20. The third kappa shape index (κ3) is 6.59. The highest BCUT2D eigenvalue weighted by molar-refractivity contribution is 8.00. The Morgan fingerprint density at radius 1 is 1.14 bits per heavy atom. The quantitative estimate of drug-likeness (QED) is 0.393. The molecular weight excluding hydrogens is 445 g/mol. The van der Waals surface area contributed by atoms with Crippen LogP contribution < -0.4 is 4.90 Å². The summed E-state index contributed by atoms with van der Waals surface area (Å²) in [6.45, 7) is 3.62. The molecule has 29 heavy (non-hydrogen) atoms. The second-order valence-corrected chi connectivity index (χ2v) is 9.35. The Labute approximate surface area is 191 Å². The minimum absolute atomic E-state index is 0. The molecule has 1 amide bonds. The summed E-state index contributed by atoms with van der Waals surface area (Å²) in [6, 6.07) is 14.0. The van der Waals surface area contributed by atoms with Gasteiger partial charge in [-0.1, -0.05) is 46.7 Å². The molecule has 0 aliphatic carbocycles. The van der Waals surface area contributed by atoms with Gasteiger partial charge in [0.25, 0.3) is 0 Å². The molecule has 0 fully saturated rings. The standard InChI is InChI=1S/C21H24ClN3OS2.ClH/c1-15-8-10-16(11-9-15)27-14-19(26)25(13-5-12-24(2)3)21-23-20-17(22)6-4-7-18(20)28-21;/h4,6-11H,5,12-14H2,1-3H3;1H. The summed E-state index contributed by atoms with van der Waals surface area (Å²) < 4.78 is 0.999. The largest absolute Gasteiger partial charge is 0.309 e. The minimum atomic E-state index is 0. The van der Waals surface area contributed by atoms with Crippen molar-refractivity contribution in [1.29, 1.82) is 0 Å². The molecule has 2 aromatic carbocycles. The van der Waals surface area contributed by atoms with Gasteiger partial charge in [-0.25, -0.2) is 4.98 Å². The lowest BCUT2D eigenvalue weighted by atomic mass is 10.2.